The molecular formula is C21H22N2O3. The summed E-state index contributed by atoms with van der Waals surface area (Å²) in [5.41, 5.74) is 2.79. The topological polar surface area (TPSA) is 55.5 Å². The molecule has 0 bridgehead atoms. The first kappa shape index (κ1) is 16.6. The molecule has 0 radical (unpaired) electrons. The lowest BCUT2D eigenvalue weighted by Gasteiger charge is -2.30. The average molecular weight is 350 g/mol. The number of aromatic nitrogens is 1. The van der Waals surface area contributed by atoms with Crippen LogP contribution in [0.4, 0.5) is 0 Å². The Morgan fingerprint density at radius 3 is 2.58 bits per heavy atom. The van der Waals surface area contributed by atoms with Gasteiger partial charge in [-0.2, -0.15) is 0 Å². The largest absolute Gasteiger partial charge is 0.420 e. The van der Waals surface area contributed by atoms with Crippen LogP contribution in [0.1, 0.15) is 35.7 Å². The fourth-order valence-corrected chi connectivity index (χ4v) is 3.51. The first-order valence-electron chi connectivity index (χ1n) is 9.08. The summed E-state index contributed by atoms with van der Waals surface area (Å²) in [4.78, 5) is 27.0. The van der Waals surface area contributed by atoms with Gasteiger partial charge in [0, 0.05) is 18.7 Å². The number of amides is 1. The molecule has 5 heteroatoms. The summed E-state index contributed by atoms with van der Waals surface area (Å²) in [5, 5.41) is 0. The van der Waals surface area contributed by atoms with E-state index in [0.29, 0.717) is 29.1 Å². The standard InChI is InChI=1S/C21H22N2O3/c1-15-9-11-22(12-10-15)20(24)17-7-8-19-18(13-17)23(21(25)26-19)14-16-5-3-2-4-6-16/h2-8,13,15H,9-12,14H2,1H3. The number of carbonyl (C=O) groups is 1. The van der Waals surface area contributed by atoms with Gasteiger partial charge in [-0.1, -0.05) is 37.3 Å². The van der Waals surface area contributed by atoms with E-state index in [0.717, 1.165) is 31.5 Å². The van der Waals surface area contributed by atoms with Crippen molar-refractivity contribution in [3.05, 3.63) is 70.2 Å². The molecule has 0 atom stereocenters. The quantitative estimate of drug-likeness (QED) is 0.726. The minimum Gasteiger partial charge on any atom is -0.408 e. The maximum Gasteiger partial charge on any atom is 0.420 e. The number of benzene rings is 2. The normalized spacial score (nSPS) is 15.5. The Balaban J connectivity index is 1.67. The highest BCUT2D eigenvalue weighted by atomic mass is 16.4. The first-order valence-corrected chi connectivity index (χ1v) is 9.08. The Labute approximate surface area is 151 Å². The molecule has 2 heterocycles. The van der Waals surface area contributed by atoms with E-state index in [1.165, 1.54) is 0 Å². The molecule has 1 aliphatic rings. The number of fused-ring (bicyclic) bond motifs is 1. The second kappa shape index (κ2) is 6.83. The van der Waals surface area contributed by atoms with E-state index >= 15 is 0 Å². The maximum absolute atomic E-state index is 12.8. The summed E-state index contributed by atoms with van der Waals surface area (Å²) < 4.78 is 6.93. The van der Waals surface area contributed by atoms with Crippen LogP contribution >= 0.6 is 0 Å². The highest BCUT2D eigenvalue weighted by Gasteiger charge is 2.22. The Kier molecular flexibility index (Phi) is 4.37. The molecular weight excluding hydrogens is 328 g/mol. The van der Waals surface area contributed by atoms with E-state index in [4.69, 9.17) is 4.42 Å². The summed E-state index contributed by atoms with van der Waals surface area (Å²) in [6.07, 6.45) is 2.08. The summed E-state index contributed by atoms with van der Waals surface area (Å²) in [6.45, 7) is 4.23. The van der Waals surface area contributed by atoms with Crippen LogP contribution in [0.25, 0.3) is 11.1 Å². The van der Waals surface area contributed by atoms with E-state index in [1.807, 2.05) is 35.2 Å². The van der Waals surface area contributed by atoms with Crippen molar-refractivity contribution in [2.24, 2.45) is 5.92 Å². The first-order chi connectivity index (χ1) is 12.6. The van der Waals surface area contributed by atoms with Gasteiger partial charge in [0.1, 0.15) is 0 Å². The van der Waals surface area contributed by atoms with Crippen LogP contribution in [0.2, 0.25) is 0 Å². The van der Waals surface area contributed by atoms with Gasteiger partial charge in [-0.25, -0.2) is 4.79 Å². The third-order valence-corrected chi connectivity index (χ3v) is 5.17. The monoisotopic (exact) mass is 350 g/mol. The lowest BCUT2D eigenvalue weighted by molar-refractivity contribution is 0.0697. The number of nitrogens with zero attached hydrogens (tertiary/aromatic N) is 2. The maximum atomic E-state index is 12.8. The van der Waals surface area contributed by atoms with Crippen molar-refractivity contribution in [2.45, 2.75) is 26.3 Å². The minimum absolute atomic E-state index is 0.0266. The minimum atomic E-state index is -0.403. The van der Waals surface area contributed by atoms with Gasteiger partial charge in [0.25, 0.3) is 5.91 Å². The summed E-state index contributed by atoms with van der Waals surface area (Å²) in [5.74, 6) is 0.297. The van der Waals surface area contributed by atoms with Crippen molar-refractivity contribution in [3.63, 3.8) is 0 Å². The molecule has 134 valence electrons. The predicted molar refractivity (Wildman–Crippen MR) is 100 cm³/mol. The Morgan fingerprint density at radius 1 is 1.12 bits per heavy atom. The highest BCUT2D eigenvalue weighted by molar-refractivity contribution is 5.97. The van der Waals surface area contributed by atoms with Crippen LogP contribution in [-0.4, -0.2) is 28.5 Å². The molecule has 0 spiro atoms. The SMILES string of the molecule is CC1CCN(C(=O)c2ccc3oc(=O)n(Cc4ccccc4)c3c2)CC1. The molecule has 3 aromatic rings. The number of hydrogen-bond acceptors (Lipinski definition) is 3. The third-order valence-electron chi connectivity index (χ3n) is 5.17. The van der Waals surface area contributed by atoms with Crippen LogP contribution in [0, 0.1) is 5.92 Å². The highest BCUT2D eigenvalue weighted by Crippen LogP contribution is 2.21. The van der Waals surface area contributed by atoms with Crippen molar-refractivity contribution in [2.75, 3.05) is 13.1 Å². The Hall–Kier alpha value is -2.82. The third kappa shape index (κ3) is 3.17. The van der Waals surface area contributed by atoms with Crippen molar-refractivity contribution >= 4 is 17.0 Å². The zero-order valence-corrected chi connectivity index (χ0v) is 14.9. The lowest BCUT2D eigenvalue weighted by atomic mass is 9.98. The van der Waals surface area contributed by atoms with Crippen molar-refractivity contribution < 1.29 is 9.21 Å². The van der Waals surface area contributed by atoms with E-state index in [-0.39, 0.29) is 5.91 Å². The van der Waals surface area contributed by atoms with Gasteiger partial charge >= 0.3 is 5.76 Å². The average Bonchev–Trinajstić information content (AvgIpc) is 2.97. The van der Waals surface area contributed by atoms with E-state index < -0.39 is 5.76 Å². The van der Waals surface area contributed by atoms with Gasteiger partial charge < -0.3 is 9.32 Å². The molecule has 0 aliphatic carbocycles. The molecule has 26 heavy (non-hydrogen) atoms. The number of hydrogen-bond donors (Lipinski definition) is 0. The van der Waals surface area contributed by atoms with Crippen molar-refractivity contribution in [1.29, 1.82) is 0 Å². The van der Waals surface area contributed by atoms with Crippen LogP contribution in [0.3, 0.4) is 0 Å². The van der Waals surface area contributed by atoms with Gasteiger partial charge in [-0.05, 0) is 42.5 Å². The van der Waals surface area contributed by atoms with E-state index in [9.17, 15) is 9.59 Å². The predicted octanol–water partition coefficient (Wildman–Crippen LogP) is 3.51. The second-order valence-corrected chi connectivity index (χ2v) is 7.10. The zero-order valence-electron chi connectivity index (χ0n) is 14.9. The van der Waals surface area contributed by atoms with Crippen LogP contribution in [-0.2, 0) is 6.54 Å². The van der Waals surface area contributed by atoms with Crippen molar-refractivity contribution in [3.8, 4) is 0 Å². The van der Waals surface area contributed by atoms with Crippen molar-refractivity contribution in [1.82, 2.24) is 9.47 Å². The summed E-state index contributed by atoms with van der Waals surface area (Å²) in [7, 11) is 0. The fourth-order valence-electron chi connectivity index (χ4n) is 3.51. The molecule has 2 aromatic carbocycles. The molecule has 0 N–H and O–H groups in total. The molecule has 1 amide bonds. The molecule has 1 fully saturated rings. The molecule has 1 aliphatic heterocycles. The molecule has 4 rings (SSSR count). The van der Waals surface area contributed by atoms with Crippen LogP contribution in [0.15, 0.2) is 57.7 Å². The zero-order chi connectivity index (χ0) is 18.1. The second-order valence-electron chi connectivity index (χ2n) is 7.10. The van der Waals surface area contributed by atoms with Gasteiger partial charge in [0.05, 0.1) is 12.1 Å². The van der Waals surface area contributed by atoms with Gasteiger partial charge in [-0.3, -0.25) is 9.36 Å². The van der Waals surface area contributed by atoms with Gasteiger partial charge in [0.2, 0.25) is 0 Å². The number of carbonyl (C=O) groups excluding carboxylic acids is 1. The molecule has 0 saturated carbocycles. The Bertz CT molecular complexity index is 979. The molecule has 5 nitrogen and oxygen atoms in total. The fraction of sp³-hybridized carbons (Fsp3) is 0.333. The van der Waals surface area contributed by atoms with Gasteiger partial charge in [-0.15, -0.1) is 0 Å². The lowest BCUT2D eigenvalue weighted by Crippen LogP contribution is -2.37. The van der Waals surface area contributed by atoms with Crippen LogP contribution < -0.4 is 5.76 Å². The van der Waals surface area contributed by atoms with E-state index in [1.54, 1.807) is 22.8 Å². The smallest absolute Gasteiger partial charge is 0.408 e. The van der Waals surface area contributed by atoms with Gasteiger partial charge in [0.15, 0.2) is 5.58 Å². The van der Waals surface area contributed by atoms with E-state index in [2.05, 4.69) is 6.92 Å². The van der Waals surface area contributed by atoms with Crippen LogP contribution in [0.5, 0.6) is 0 Å². The molecule has 0 unspecified atom stereocenters. The number of rotatable bonds is 3. The summed E-state index contributed by atoms with van der Waals surface area (Å²) in [6, 6.07) is 15.0. The number of oxazole rings is 1. The summed E-state index contributed by atoms with van der Waals surface area (Å²) >= 11 is 0. The number of likely N-dealkylation sites (tertiary alicyclic amines) is 1. The molecule has 1 aromatic heterocycles. The molecule has 1 saturated heterocycles. The number of piperidine rings is 1. The Morgan fingerprint density at radius 2 is 1.85 bits per heavy atom.